The predicted molar refractivity (Wildman–Crippen MR) is 88.4 cm³/mol. The summed E-state index contributed by atoms with van der Waals surface area (Å²) in [6, 6.07) is 10.4. The van der Waals surface area contributed by atoms with Gasteiger partial charge in [-0.05, 0) is 23.8 Å². The highest BCUT2D eigenvalue weighted by molar-refractivity contribution is 7.90. The second-order valence-electron chi connectivity index (χ2n) is 5.18. The topological polar surface area (TPSA) is 122 Å². The number of hydrogen-bond donors (Lipinski definition) is 1. The van der Waals surface area contributed by atoms with E-state index >= 15 is 0 Å². The molecule has 0 aliphatic carbocycles. The molecule has 128 valence electrons. The maximum absolute atomic E-state index is 12.0. The summed E-state index contributed by atoms with van der Waals surface area (Å²) in [5, 5.41) is 26.2. The van der Waals surface area contributed by atoms with Gasteiger partial charge >= 0.3 is 5.97 Å². The molecule has 0 saturated carbocycles. The average molecular weight is 358 g/mol. The molecule has 0 fully saturated rings. The smallest absolute Gasteiger partial charge is 0.335 e. The van der Waals surface area contributed by atoms with Crippen LogP contribution < -0.4 is 5.11 Å². The second-order valence-corrected chi connectivity index (χ2v) is 6.76. The SMILES string of the molecule is CN(/N=C/c1cccc(C(=O)O)c1[O-])C1=NS(=O)(=O)c2ccccc21. The molecule has 0 bridgehead atoms. The van der Waals surface area contributed by atoms with Gasteiger partial charge in [0, 0.05) is 12.6 Å². The van der Waals surface area contributed by atoms with Crippen LogP contribution in [0.15, 0.2) is 56.9 Å². The number of fused-ring (bicyclic) bond motifs is 1. The van der Waals surface area contributed by atoms with Crippen LogP contribution in [0.2, 0.25) is 0 Å². The zero-order chi connectivity index (χ0) is 18.2. The number of sulfonamides is 1. The molecule has 1 heterocycles. The van der Waals surface area contributed by atoms with E-state index in [0.717, 1.165) is 0 Å². The average Bonchev–Trinajstić information content (AvgIpc) is 2.85. The quantitative estimate of drug-likeness (QED) is 0.642. The van der Waals surface area contributed by atoms with Gasteiger partial charge < -0.3 is 10.2 Å². The van der Waals surface area contributed by atoms with Crippen LogP contribution in [0.4, 0.5) is 0 Å². The number of amidine groups is 1. The Bertz CT molecular complexity index is 1030. The lowest BCUT2D eigenvalue weighted by molar-refractivity contribution is -0.269. The summed E-state index contributed by atoms with van der Waals surface area (Å²) < 4.78 is 27.8. The lowest BCUT2D eigenvalue weighted by Crippen LogP contribution is -2.21. The molecule has 25 heavy (non-hydrogen) atoms. The van der Waals surface area contributed by atoms with Gasteiger partial charge in [-0.1, -0.05) is 30.0 Å². The number of benzene rings is 2. The van der Waals surface area contributed by atoms with E-state index in [4.69, 9.17) is 5.11 Å². The van der Waals surface area contributed by atoms with Gasteiger partial charge in [-0.15, -0.1) is 4.40 Å². The highest BCUT2D eigenvalue weighted by Gasteiger charge is 2.30. The lowest BCUT2D eigenvalue weighted by Gasteiger charge is -2.15. The molecule has 0 aromatic heterocycles. The van der Waals surface area contributed by atoms with Crippen LogP contribution >= 0.6 is 0 Å². The molecule has 0 spiro atoms. The van der Waals surface area contributed by atoms with Crippen LogP contribution in [0.5, 0.6) is 5.75 Å². The minimum absolute atomic E-state index is 0.0708. The van der Waals surface area contributed by atoms with Crippen LogP contribution in [0.25, 0.3) is 0 Å². The van der Waals surface area contributed by atoms with E-state index in [9.17, 15) is 18.3 Å². The van der Waals surface area contributed by atoms with Crippen molar-refractivity contribution in [3.8, 4) is 5.75 Å². The van der Waals surface area contributed by atoms with Gasteiger partial charge in [0.1, 0.15) is 4.90 Å². The van der Waals surface area contributed by atoms with Crippen molar-refractivity contribution in [2.45, 2.75) is 4.90 Å². The Hall–Kier alpha value is -3.20. The molecular weight excluding hydrogens is 346 g/mol. The molecule has 1 aliphatic heterocycles. The van der Waals surface area contributed by atoms with Crippen molar-refractivity contribution < 1.29 is 23.4 Å². The van der Waals surface area contributed by atoms with Crippen molar-refractivity contribution in [3.63, 3.8) is 0 Å². The highest BCUT2D eigenvalue weighted by atomic mass is 32.2. The summed E-state index contributed by atoms with van der Waals surface area (Å²) in [6.07, 6.45) is 1.17. The third-order valence-corrected chi connectivity index (χ3v) is 4.89. The molecular formula is C16H12N3O5S-. The van der Waals surface area contributed by atoms with Gasteiger partial charge in [0.2, 0.25) is 0 Å². The summed E-state index contributed by atoms with van der Waals surface area (Å²) in [4.78, 5) is 11.1. The van der Waals surface area contributed by atoms with Crippen molar-refractivity contribution in [1.82, 2.24) is 5.01 Å². The van der Waals surface area contributed by atoms with Crippen LogP contribution in [0.3, 0.4) is 0 Å². The third kappa shape index (κ3) is 2.96. The molecule has 2 aromatic carbocycles. The van der Waals surface area contributed by atoms with E-state index in [1.807, 2.05) is 0 Å². The standard InChI is InChI=1S/C16H13N3O5S/c1-19(15-11-6-2-3-8-13(11)25(23,24)18-15)17-9-10-5-4-7-12(14(10)20)16(21)22/h2-9,20H,1H3,(H,21,22)/p-1/b17-9+. The van der Waals surface area contributed by atoms with Crippen molar-refractivity contribution in [1.29, 1.82) is 0 Å². The summed E-state index contributed by atoms with van der Waals surface area (Å²) in [5.74, 6) is -1.88. The predicted octanol–water partition coefficient (Wildman–Crippen LogP) is 0.873. The van der Waals surface area contributed by atoms with Gasteiger partial charge in [-0.3, -0.25) is 0 Å². The van der Waals surface area contributed by atoms with Gasteiger partial charge in [0.25, 0.3) is 10.0 Å². The maximum Gasteiger partial charge on any atom is 0.335 e. The van der Waals surface area contributed by atoms with E-state index in [2.05, 4.69) is 9.50 Å². The fourth-order valence-corrected chi connectivity index (χ4v) is 3.58. The molecule has 0 radical (unpaired) electrons. The highest BCUT2D eigenvalue weighted by Crippen LogP contribution is 2.27. The Morgan fingerprint density at radius 2 is 1.96 bits per heavy atom. The van der Waals surface area contributed by atoms with Crippen LogP contribution in [0.1, 0.15) is 21.5 Å². The van der Waals surface area contributed by atoms with Crippen LogP contribution in [0, 0.1) is 0 Å². The number of nitrogens with zero attached hydrogens (tertiary/aromatic N) is 3. The Labute approximate surface area is 143 Å². The van der Waals surface area contributed by atoms with Crippen molar-refractivity contribution in [2.75, 3.05) is 7.05 Å². The number of hydrogen-bond acceptors (Lipinski definition) is 6. The van der Waals surface area contributed by atoms with E-state index in [-0.39, 0.29) is 21.9 Å². The first-order valence-corrected chi connectivity index (χ1v) is 8.50. The van der Waals surface area contributed by atoms with E-state index in [1.54, 1.807) is 18.2 Å². The molecule has 9 heteroatoms. The Balaban J connectivity index is 1.94. The monoisotopic (exact) mass is 358 g/mol. The lowest BCUT2D eigenvalue weighted by atomic mass is 10.1. The number of carboxylic acid groups (broad SMARTS) is 1. The zero-order valence-corrected chi connectivity index (χ0v) is 13.8. The molecule has 0 saturated heterocycles. The Kier molecular flexibility index (Phi) is 4.01. The fraction of sp³-hybridized carbons (Fsp3) is 0.0625. The van der Waals surface area contributed by atoms with Crippen molar-refractivity contribution in [2.24, 2.45) is 9.50 Å². The summed E-state index contributed by atoms with van der Waals surface area (Å²) in [5.41, 5.74) is 0.114. The zero-order valence-electron chi connectivity index (χ0n) is 12.9. The third-order valence-electron chi connectivity index (χ3n) is 3.56. The molecule has 0 amide bonds. The molecule has 0 atom stereocenters. The van der Waals surface area contributed by atoms with Crippen molar-refractivity contribution >= 4 is 28.0 Å². The Morgan fingerprint density at radius 1 is 1.24 bits per heavy atom. The molecule has 8 nitrogen and oxygen atoms in total. The van der Waals surface area contributed by atoms with E-state index in [1.165, 1.54) is 42.5 Å². The Morgan fingerprint density at radius 3 is 2.68 bits per heavy atom. The number of para-hydroxylation sites is 1. The summed E-state index contributed by atoms with van der Waals surface area (Å²) in [6.45, 7) is 0. The first kappa shape index (κ1) is 16.7. The number of carboxylic acids is 1. The minimum atomic E-state index is -3.78. The number of hydrazone groups is 1. The first-order chi connectivity index (χ1) is 11.8. The minimum Gasteiger partial charge on any atom is -0.871 e. The van der Waals surface area contributed by atoms with Gasteiger partial charge in [0.05, 0.1) is 11.8 Å². The van der Waals surface area contributed by atoms with E-state index in [0.29, 0.717) is 5.56 Å². The summed E-state index contributed by atoms with van der Waals surface area (Å²) >= 11 is 0. The first-order valence-electron chi connectivity index (χ1n) is 7.06. The normalized spacial score (nSPS) is 15.0. The van der Waals surface area contributed by atoms with Crippen LogP contribution in [-0.4, -0.2) is 43.6 Å². The molecule has 1 aliphatic rings. The van der Waals surface area contributed by atoms with Gasteiger partial charge in [0.15, 0.2) is 5.84 Å². The number of carbonyl (C=O) groups is 1. The van der Waals surface area contributed by atoms with E-state index < -0.39 is 21.7 Å². The number of rotatable bonds is 3. The maximum atomic E-state index is 12.0. The molecule has 3 rings (SSSR count). The van der Waals surface area contributed by atoms with Gasteiger partial charge in [-0.25, -0.2) is 9.80 Å². The van der Waals surface area contributed by atoms with Crippen molar-refractivity contribution in [3.05, 3.63) is 59.2 Å². The van der Waals surface area contributed by atoms with Crippen LogP contribution in [-0.2, 0) is 10.0 Å². The molecule has 0 unspecified atom stereocenters. The second kappa shape index (κ2) is 6.02. The largest absolute Gasteiger partial charge is 0.871 e. The summed E-state index contributed by atoms with van der Waals surface area (Å²) in [7, 11) is -2.29. The number of aromatic carboxylic acids is 1. The molecule has 1 N–H and O–H groups in total. The molecule has 2 aromatic rings. The fourth-order valence-electron chi connectivity index (χ4n) is 2.35. The van der Waals surface area contributed by atoms with Gasteiger partial charge in [-0.2, -0.15) is 13.5 Å².